The van der Waals surface area contributed by atoms with E-state index < -0.39 is 10.9 Å². The van der Waals surface area contributed by atoms with Crippen molar-refractivity contribution in [2.75, 3.05) is 7.11 Å². The highest BCUT2D eigenvalue weighted by Crippen LogP contribution is 2.32. The third-order valence-electron chi connectivity index (χ3n) is 2.40. The van der Waals surface area contributed by atoms with Crippen LogP contribution in [0.2, 0.25) is 0 Å². The lowest BCUT2D eigenvalue weighted by Crippen LogP contribution is -2.07. The fraction of sp³-hybridized carbons (Fsp3) is 0.300. The second-order valence-electron chi connectivity index (χ2n) is 3.26. The molecule has 0 aliphatic heterocycles. The van der Waals surface area contributed by atoms with Gasteiger partial charge in [-0.15, -0.1) is 0 Å². The molecule has 0 saturated heterocycles. The number of carbonyl (C=O) groups excluding carboxylic acids is 1. The zero-order chi connectivity index (χ0) is 12.5. The summed E-state index contributed by atoms with van der Waals surface area (Å²) in [6, 6.07) is 1.22. The summed E-state index contributed by atoms with van der Waals surface area (Å²) in [5.41, 5.74) is 1.41. The molecule has 0 radical (unpaired) electrons. The van der Waals surface area contributed by atoms with Crippen LogP contribution in [0.4, 0.5) is 5.69 Å². The molecule has 0 spiro atoms. The van der Waals surface area contributed by atoms with Crippen molar-refractivity contribution in [1.29, 1.82) is 0 Å². The molecule has 0 unspecified atom stereocenters. The van der Waals surface area contributed by atoms with Gasteiger partial charge in [0.2, 0.25) is 0 Å². The highest BCUT2D eigenvalue weighted by Gasteiger charge is 2.22. The number of benzene rings is 1. The summed E-state index contributed by atoms with van der Waals surface area (Å²) in [5, 5.41) is 10.8. The summed E-state index contributed by atoms with van der Waals surface area (Å²) in [6.07, 6.45) is 0. The maximum Gasteiger partial charge on any atom is 0.338 e. The van der Waals surface area contributed by atoms with Gasteiger partial charge in [0, 0.05) is 6.07 Å². The fourth-order valence-electron chi connectivity index (χ4n) is 1.32. The van der Waals surface area contributed by atoms with Crippen LogP contribution in [0.5, 0.6) is 0 Å². The Balaban J connectivity index is 3.53. The van der Waals surface area contributed by atoms with E-state index >= 15 is 0 Å². The second kappa shape index (κ2) is 4.61. The van der Waals surface area contributed by atoms with Crippen molar-refractivity contribution < 1.29 is 14.5 Å². The molecule has 0 atom stereocenters. The zero-order valence-electron chi connectivity index (χ0n) is 9.04. The molecule has 1 rings (SSSR count). The summed E-state index contributed by atoms with van der Waals surface area (Å²) in [7, 11) is 1.24. The van der Waals surface area contributed by atoms with Crippen LogP contribution in [-0.2, 0) is 4.74 Å². The van der Waals surface area contributed by atoms with E-state index in [4.69, 9.17) is 0 Å². The molecule has 0 amide bonds. The van der Waals surface area contributed by atoms with E-state index in [1.54, 1.807) is 13.8 Å². The van der Waals surface area contributed by atoms with E-state index in [0.29, 0.717) is 15.6 Å². The Morgan fingerprint density at radius 1 is 1.44 bits per heavy atom. The maximum atomic E-state index is 11.4. The monoisotopic (exact) mass is 287 g/mol. The van der Waals surface area contributed by atoms with Crippen LogP contribution in [0.1, 0.15) is 21.5 Å². The van der Waals surface area contributed by atoms with E-state index in [1.807, 2.05) is 0 Å². The zero-order valence-corrected chi connectivity index (χ0v) is 10.6. The Labute approximate surface area is 101 Å². The second-order valence-corrected chi connectivity index (χ2v) is 4.05. The van der Waals surface area contributed by atoms with Gasteiger partial charge in [0.25, 0.3) is 5.69 Å². The van der Waals surface area contributed by atoms with Crippen LogP contribution in [0.15, 0.2) is 10.5 Å². The van der Waals surface area contributed by atoms with Gasteiger partial charge in [0.1, 0.15) is 0 Å². The number of nitro benzene ring substituents is 1. The Morgan fingerprint density at radius 2 is 2.00 bits per heavy atom. The molecule has 0 aliphatic rings. The van der Waals surface area contributed by atoms with Crippen molar-refractivity contribution >= 4 is 27.6 Å². The largest absolute Gasteiger partial charge is 0.465 e. The molecule has 0 heterocycles. The van der Waals surface area contributed by atoms with Crippen molar-refractivity contribution in [1.82, 2.24) is 0 Å². The molecule has 86 valence electrons. The molecule has 1 aromatic rings. The molecular formula is C10H10BrNO4. The first kappa shape index (κ1) is 12.6. The van der Waals surface area contributed by atoms with Crippen molar-refractivity contribution in [3.63, 3.8) is 0 Å². The van der Waals surface area contributed by atoms with E-state index in [2.05, 4.69) is 20.7 Å². The highest BCUT2D eigenvalue weighted by molar-refractivity contribution is 9.10. The lowest BCUT2D eigenvalue weighted by Gasteiger charge is -2.09. The number of esters is 1. The molecular weight excluding hydrogens is 278 g/mol. The molecule has 0 N–H and O–H groups in total. The summed E-state index contributed by atoms with van der Waals surface area (Å²) in [4.78, 5) is 21.6. The Morgan fingerprint density at radius 3 is 2.44 bits per heavy atom. The Bertz CT molecular complexity index is 470. The van der Waals surface area contributed by atoms with E-state index in [0.717, 1.165) is 0 Å². The Hall–Kier alpha value is -1.43. The van der Waals surface area contributed by atoms with Gasteiger partial charge < -0.3 is 4.74 Å². The number of carbonyl (C=O) groups is 1. The predicted octanol–water partition coefficient (Wildman–Crippen LogP) is 2.76. The number of hydrogen-bond acceptors (Lipinski definition) is 4. The minimum absolute atomic E-state index is 0.136. The molecule has 16 heavy (non-hydrogen) atoms. The number of halogens is 1. The van der Waals surface area contributed by atoms with Crippen molar-refractivity contribution in [2.24, 2.45) is 0 Å². The van der Waals surface area contributed by atoms with Gasteiger partial charge in [-0.25, -0.2) is 4.79 Å². The quantitative estimate of drug-likeness (QED) is 0.476. The average Bonchev–Trinajstić information content (AvgIpc) is 2.25. The summed E-state index contributed by atoms with van der Waals surface area (Å²) in [6.45, 7) is 3.43. The van der Waals surface area contributed by atoms with Gasteiger partial charge in [0.05, 0.1) is 22.1 Å². The van der Waals surface area contributed by atoms with Crippen LogP contribution in [-0.4, -0.2) is 18.0 Å². The number of hydrogen-bond donors (Lipinski definition) is 0. The SMILES string of the molecule is COC(=O)c1cc([N+](=O)[O-])c(Br)c(C)c1C. The van der Waals surface area contributed by atoms with Crippen molar-refractivity contribution in [3.05, 3.63) is 37.3 Å². The van der Waals surface area contributed by atoms with Gasteiger partial charge in [-0.3, -0.25) is 10.1 Å². The van der Waals surface area contributed by atoms with Crippen molar-refractivity contribution in [2.45, 2.75) is 13.8 Å². The van der Waals surface area contributed by atoms with Crippen LogP contribution >= 0.6 is 15.9 Å². The van der Waals surface area contributed by atoms with E-state index in [9.17, 15) is 14.9 Å². The van der Waals surface area contributed by atoms with Crippen molar-refractivity contribution in [3.8, 4) is 0 Å². The highest BCUT2D eigenvalue weighted by atomic mass is 79.9. The molecule has 6 heteroatoms. The Kier molecular flexibility index (Phi) is 3.64. The lowest BCUT2D eigenvalue weighted by atomic mass is 10.0. The molecule has 0 saturated carbocycles. The van der Waals surface area contributed by atoms with Gasteiger partial charge in [-0.05, 0) is 40.9 Å². The number of nitrogens with zero attached hydrogens (tertiary/aromatic N) is 1. The molecule has 5 nitrogen and oxygen atoms in total. The lowest BCUT2D eigenvalue weighted by molar-refractivity contribution is -0.385. The maximum absolute atomic E-state index is 11.4. The number of ether oxygens (including phenoxy) is 1. The molecule has 0 bridgehead atoms. The standard InChI is InChI=1S/C10H10BrNO4/c1-5-6(2)9(11)8(12(14)15)4-7(5)10(13)16-3/h4H,1-3H3. The van der Waals surface area contributed by atoms with Gasteiger partial charge in [-0.1, -0.05) is 0 Å². The summed E-state index contributed by atoms with van der Waals surface area (Å²) >= 11 is 3.14. The van der Waals surface area contributed by atoms with E-state index in [-0.39, 0.29) is 11.3 Å². The van der Waals surface area contributed by atoms with E-state index in [1.165, 1.54) is 13.2 Å². The van der Waals surface area contributed by atoms with Crippen LogP contribution in [0.25, 0.3) is 0 Å². The molecule has 1 aromatic carbocycles. The average molecular weight is 288 g/mol. The first-order chi connectivity index (χ1) is 7.40. The summed E-state index contributed by atoms with van der Waals surface area (Å²) in [5.74, 6) is -0.573. The number of nitro groups is 1. The third kappa shape index (κ3) is 2.06. The smallest absolute Gasteiger partial charge is 0.338 e. The minimum Gasteiger partial charge on any atom is -0.465 e. The minimum atomic E-state index is -0.573. The van der Waals surface area contributed by atoms with Crippen LogP contribution in [0, 0.1) is 24.0 Å². The normalized spacial score (nSPS) is 10.0. The first-order valence-electron chi connectivity index (χ1n) is 4.42. The van der Waals surface area contributed by atoms with Gasteiger partial charge in [-0.2, -0.15) is 0 Å². The molecule has 0 fully saturated rings. The third-order valence-corrected chi connectivity index (χ3v) is 3.40. The van der Waals surface area contributed by atoms with Crippen LogP contribution in [0.3, 0.4) is 0 Å². The topological polar surface area (TPSA) is 69.4 Å². The number of rotatable bonds is 2. The van der Waals surface area contributed by atoms with Crippen LogP contribution < -0.4 is 0 Å². The van der Waals surface area contributed by atoms with Gasteiger partial charge in [0.15, 0.2) is 0 Å². The number of methoxy groups -OCH3 is 1. The summed E-state index contributed by atoms with van der Waals surface area (Å²) < 4.78 is 4.96. The fourth-order valence-corrected chi connectivity index (χ4v) is 1.88. The first-order valence-corrected chi connectivity index (χ1v) is 5.21. The molecule has 0 aromatic heterocycles. The van der Waals surface area contributed by atoms with Gasteiger partial charge >= 0.3 is 5.97 Å². The molecule has 0 aliphatic carbocycles. The predicted molar refractivity (Wildman–Crippen MR) is 61.6 cm³/mol.